The largest absolute Gasteiger partial charge is 0.142 e. The van der Waals surface area contributed by atoms with E-state index >= 15 is 0 Å². The van der Waals surface area contributed by atoms with Gasteiger partial charge in [0.2, 0.25) is 0 Å². The quantitative estimate of drug-likeness (QED) is 0.718. The van der Waals surface area contributed by atoms with Crippen molar-refractivity contribution in [2.45, 2.75) is 17.9 Å². The lowest BCUT2D eigenvalue weighted by molar-refractivity contribution is 1.24. The highest BCUT2D eigenvalue weighted by atomic mass is 32.2. The van der Waals surface area contributed by atoms with Crippen molar-refractivity contribution < 1.29 is 0 Å². The molecule has 1 aliphatic rings. The average molecular weight is 236 g/mol. The predicted molar refractivity (Wildman–Crippen MR) is 72.6 cm³/mol. The summed E-state index contributed by atoms with van der Waals surface area (Å²) in [5.41, 5.74) is 2.89. The van der Waals surface area contributed by atoms with Gasteiger partial charge >= 0.3 is 0 Å². The second kappa shape index (κ2) is 5.66. The Morgan fingerprint density at radius 3 is 2.47 bits per heavy atom. The molecule has 2 heteroatoms. The molecule has 2 rings (SSSR count). The van der Waals surface area contributed by atoms with Crippen LogP contribution >= 0.6 is 23.5 Å². The molecule has 0 nitrogen and oxygen atoms in total. The van der Waals surface area contributed by atoms with E-state index < -0.39 is 0 Å². The zero-order valence-electron chi connectivity index (χ0n) is 8.98. The first-order valence-electron chi connectivity index (χ1n) is 5.33. The number of hydrogen-bond acceptors (Lipinski definition) is 2. The van der Waals surface area contributed by atoms with E-state index in [0.717, 1.165) is 6.42 Å². The molecule has 1 fully saturated rings. The van der Waals surface area contributed by atoms with Crippen molar-refractivity contribution in [2.75, 3.05) is 11.5 Å². The first-order valence-corrected chi connectivity index (χ1v) is 7.43. The van der Waals surface area contributed by atoms with E-state index in [4.69, 9.17) is 0 Å². The van der Waals surface area contributed by atoms with Crippen LogP contribution in [0.25, 0.3) is 0 Å². The van der Waals surface area contributed by atoms with Gasteiger partial charge in [0.15, 0.2) is 0 Å². The molecule has 1 aliphatic heterocycles. The van der Waals surface area contributed by atoms with Crippen LogP contribution in [0.5, 0.6) is 0 Å². The molecular formula is C13H16S2. The standard InChI is InChI=1S/C13H16S2/c1-2-3-4-11-5-7-12(8-6-11)13-14-9-10-15-13/h2-3,5-8,13H,4,9-10H2,1H3. The zero-order valence-corrected chi connectivity index (χ0v) is 10.6. The van der Waals surface area contributed by atoms with Gasteiger partial charge in [0, 0.05) is 11.5 Å². The van der Waals surface area contributed by atoms with Crippen LogP contribution in [0.15, 0.2) is 36.4 Å². The van der Waals surface area contributed by atoms with Gasteiger partial charge in [0.05, 0.1) is 4.58 Å². The highest BCUT2D eigenvalue weighted by molar-refractivity contribution is 8.19. The molecule has 80 valence electrons. The van der Waals surface area contributed by atoms with Crippen molar-refractivity contribution >= 4 is 23.5 Å². The van der Waals surface area contributed by atoms with Gasteiger partial charge in [-0.15, -0.1) is 23.5 Å². The summed E-state index contributed by atoms with van der Waals surface area (Å²) in [6.45, 7) is 2.07. The minimum atomic E-state index is 0.681. The predicted octanol–water partition coefficient (Wildman–Crippen LogP) is 4.28. The molecule has 1 aromatic rings. The Bertz CT molecular complexity index is 321. The van der Waals surface area contributed by atoms with Crippen molar-refractivity contribution in [3.05, 3.63) is 47.5 Å². The van der Waals surface area contributed by atoms with E-state index in [9.17, 15) is 0 Å². The summed E-state index contributed by atoms with van der Waals surface area (Å²) in [4.78, 5) is 0. The highest BCUT2D eigenvalue weighted by Gasteiger charge is 2.17. The Labute approximate surface area is 101 Å². The molecule has 0 saturated carbocycles. The highest BCUT2D eigenvalue weighted by Crippen LogP contribution is 2.45. The second-order valence-corrected chi connectivity index (χ2v) is 6.31. The molecule has 0 N–H and O–H groups in total. The summed E-state index contributed by atoms with van der Waals surface area (Å²) >= 11 is 4.14. The van der Waals surface area contributed by atoms with Gasteiger partial charge in [-0.3, -0.25) is 0 Å². The molecule has 0 aliphatic carbocycles. The Kier molecular flexibility index (Phi) is 4.21. The molecule has 0 amide bonds. The van der Waals surface area contributed by atoms with Crippen LogP contribution in [0.2, 0.25) is 0 Å². The van der Waals surface area contributed by atoms with Crippen LogP contribution < -0.4 is 0 Å². The van der Waals surface area contributed by atoms with Crippen LogP contribution in [-0.2, 0) is 6.42 Å². The second-order valence-electron chi connectivity index (χ2n) is 3.59. The maximum atomic E-state index is 2.29. The summed E-state index contributed by atoms with van der Waals surface area (Å²) < 4.78 is 0.681. The van der Waals surface area contributed by atoms with Gasteiger partial charge < -0.3 is 0 Å². The lowest BCUT2D eigenvalue weighted by atomic mass is 10.1. The fourth-order valence-corrected chi connectivity index (χ4v) is 4.48. The summed E-state index contributed by atoms with van der Waals surface area (Å²) in [7, 11) is 0. The van der Waals surface area contributed by atoms with Gasteiger partial charge in [-0.1, -0.05) is 36.4 Å². The molecule has 0 radical (unpaired) electrons. The Morgan fingerprint density at radius 1 is 1.20 bits per heavy atom. The summed E-state index contributed by atoms with van der Waals surface area (Å²) in [6.07, 6.45) is 5.37. The van der Waals surface area contributed by atoms with Gasteiger partial charge in [-0.2, -0.15) is 0 Å². The summed E-state index contributed by atoms with van der Waals surface area (Å²) in [5, 5.41) is 0. The van der Waals surface area contributed by atoms with Crippen LogP contribution in [-0.4, -0.2) is 11.5 Å². The third-order valence-corrected chi connectivity index (χ3v) is 5.57. The maximum Gasteiger partial charge on any atom is 0.0751 e. The number of hydrogen-bond donors (Lipinski definition) is 0. The van der Waals surface area contributed by atoms with E-state index in [1.165, 1.54) is 22.6 Å². The molecule has 0 atom stereocenters. The molecular weight excluding hydrogens is 220 g/mol. The van der Waals surface area contributed by atoms with E-state index in [1.807, 2.05) is 0 Å². The molecule has 1 aromatic carbocycles. The number of benzene rings is 1. The molecule has 0 aromatic heterocycles. The molecule has 15 heavy (non-hydrogen) atoms. The smallest absolute Gasteiger partial charge is 0.0751 e. The molecule has 0 spiro atoms. The number of allylic oxidation sites excluding steroid dienone is 2. The first kappa shape index (κ1) is 11.2. The Hall–Kier alpha value is -0.340. The minimum Gasteiger partial charge on any atom is -0.142 e. The third-order valence-electron chi connectivity index (χ3n) is 2.46. The molecule has 0 unspecified atom stereocenters. The van der Waals surface area contributed by atoms with Crippen molar-refractivity contribution in [2.24, 2.45) is 0 Å². The topological polar surface area (TPSA) is 0 Å². The van der Waals surface area contributed by atoms with Crippen LogP contribution in [0, 0.1) is 0 Å². The first-order chi connectivity index (χ1) is 7.40. The SMILES string of the molecule is CC=CCc1ccc(C2SCCS2)cc1. The number of rotatable bonds is 3. The van der Waals surface area contributed by atoms with E-state index in [1.54, 1.807) is 0 Å². The van der Waals surface area contributed by atoms with E-state index in [2.05, 4.69) is 66.9 Å². The fourth-order valence-electron chi connectivity index (χ4n) is 1.62. The van der Waals surface area contributed by atoms with Gasteiger partial charge in [0.1, 0.15) is 0 Å². The molecule has 0 bridgehead atoms. The Balaban J connectivity index is 2.02. The van der Waals surface area contributed by atoms with Crippen molar-refractivity contribution in [1.82, 2.24) is 0 Å². The van der Waals surface area contributed by atoms with Crippen molar-refractivity contribution in [3.8, 4) is 0 Å². The van der Waals surface area contributed by atoms with Crippen molar-refractivity contribution in [3.63, 3.8) is 0 Å². The third kappa shape index (κ3) is 3.05. The van der Waals surface area contributed by atoms with Crippen LogP contribution in [0.3, 0.4) is 0 Å². The normalized spacial score (nSPS) is 17.7. The summed E-state index contributed by atoms with van der Waals surface area (Å²) in [5.74, 6) is 2.60. The maximum absolute atomic E-state index is 2.29. The Morgan fingerprint density at radius 2 is 1.87 bits per heavy atom. The van der Waals surface area contributed by atoms with Crippen molar-refractivity contribution in [1.29, 1.82) is 0 Å². The zero-order chi connectivity index (χ0) is 10.5. The number of thioether (sulfide) groups is 2. The van der Waals surface area contributed by atoms with Crippen LogP contribution in [0.1, 0.15) is 22.6 Å². The van der Waals surface area contributed by atoms with Gasteiger partial charge in [-0.05, 0) is 24.5 Å². The fraction of sp³-hybridized carbons (Fsp3) is 0.385. The minimum absolute atomic E-state index is 0.681. The van der Waals surface area contributed by atoms with Gasteiger partial charge in [-0.25, -0.2) is 0 Å². The summed E-state index contributed by atoms with van der Waals surface area (Å²) in [6, 6.07) is 9.09. The molecule has 1 heterocycles. The van der Waals surface area contributed by atoms with E-state index in [0.29, 0.717) is 4.58 Å². The lowest BCUT2D eigenvalue weighted by Crippen LogP contribution is -1.86. The van der Waals surface area contributed by atoms with Gasteiger partial charge in [0.25, 0.3) is 0 Å². The lowest BCUT2D eigenvalue weighted by Gasteiger charge is -2.08. The molecule has 1 saturated heterocycles. The van der Waals surface area contributed by atoms with Crippen LogP contribution in [0.4, 0.5) is 0 Å². The monoisotopic (exact) mass is 236 g/mol. The average Bonchev–Trinajstić information content (AvgIpc) is 2.80. The van der Waals surface area contributed by atoms with E-state index in [-0.39, 0.29) is 0 Å².